The molecule has 0 bridgehead atoms. The molecule has 4 unspecified atom stereocenters. The zero-order chi connectivity index (χ0) is 77.1. The van der Waals surface area contributed by atoms with Crippen LogP contribution in [0.3, 0.4) is 0 Å². The van der Waals surface area contributed by atoms with Gasteiger partial charge in [0.1, 0.15) is 26.2 Å². The van der Waals surface area contributed by atoms with Crippen molar-refractivity contribution in [3.05, 3.63) is 262 Å². The van der Waals surface area contributed by atoms with Crippen molar-refractivity contribution in [2.45, 2.75) is 134 Å². The molecular weight excluding hydrogens is 1460 g/mol. The number of nitrogens with one attached hydrogen (secondary N) is 8. The normalized spacial score (nSPS) is 17.7. The number of anilines is 4. The Morgan fingerprint density at radius 2 is 0.477 bits per heavy atom. The summed E-state index contributed by atoms with van der Waals surface area (Å²) in [6, 6.07) is 39.8. The Kier molecular flexibility index (Phi) is 37.3. The van der Waals surface area contributed by atoms with Crippen molar-refractivity contribution in [2.75, 3.05) is 102 Å². The summed E-state index contributed by atoms with van der Waals surface area (Å²) >= 11 is 0. The fourth-order valence-corrected chi connectivity index (χ4v) is 12.4. The van der Waals surface area contributed by atoms with E-state index in [4.69, 9.17) is 17.5 Å². The quantitative estimate of drug-likeness (QED) is 0.0102. The molecule has 4 aromatic rings. The molecule has 4 aliphatic carbocycles. The molecule has 0 saturated carbocycles. The van der Waals surface area contributed by atoms with E-state index in [0.717, 1.165) is 123 Å². The SMILES string of the molecule is C[NH+](CCCCCC[NH+](C)CC1=CC(C(C)(C)C)=CC(=CNc2ccccc2)C1=O)CC1=CC(C(C)(C)C)=CC(=CNc2ccccc2)C1=O.C[NH+](CCCCCC[NH+](C)CC1=CC(C(C)(C)C)=CC(=CNc2ccccc2)C1=O)CC1=CC(C(C)(C)C)=CC(=CNc2ccccc2)C1=O.O=S(=O)(O)O.[Cu+].[Cu+]. The maximum Gasteiger partial charge on any atom is 1.00 e. The molecule has 16 nitrogen and oxygen atoms in total. The zero-order valence-electron chi connectivity index (χ0n) is 66.1. The molecule has 4 atom stereocenters. The molecule has 0 aromatic heterocycles. The van der Waals surface area contributed by atoms with Gasteiger partial charge < -0.3 is 40.9 Å². The van der Waals surface area contributed by atoms with Gasteiger partial charge in [0.2, 0.25) is 0 Å². The minimum absolute atomic E-state index is 0. The van der Waals surface area contributed by atoms with E-state index >= 15 is 0 Å². The molecule has 0 spiro atoms. The Hall–Kier alpha value is -7.61. The fraction of sp³-hybridized carbons (Fsp3) is 0.409. The molecule has 0 fully saturated rings. The van der Waals surface area contributed by atoms with Gasteiger partial charge in [0, 0.05) is 69.8 Å². The molecule has 19 heteroatoms. The Morgan fingerprint density at radius 3 is 0.636 bits per heavy atom. The van der Waals surface area contributed by atoms with Crippen LogP contribution in [0.1, 0.15) is 134 Å². The van der Waals surface area contributed by atoms with Crippen LogP contribution in [0.5, 0.6) is 0 Å². The van der Waals surface area contributed by atoms with Crippen LogP contribution in [-0.2, 0) is 63.7 Å². The Morgan fingerprint density at radius 1 is 0.308 bits per heavy atom. The minimum atomic E-state index is -4.67. The molecular formula is C88H122Cu2N8O8S+6. The summed E-state index contributed by atoms with van der Waals surface area (Å²) in [6.45, 7) is 33.3. The van der Waals surface area contributed by atoms with Crippen molar-refractivity contribution in [3.63, 3.8) is 0 Å². The monoisotopic (exact) mass is 1580 g/mol. The summed E-state index contributed by atoms with van der Waals surface area (Å²) in [6.07, 6.45) is 33.2. The standard InChI is InChI=1S/2C44H58N4O2.2Cu.H2O4S/c2*1-43(2,3)37-25-33(29-45-39-19-13-11-14-20-39)41(49)35(27-37)31-47(7)23-17-9-10-18-24-48(8)32-36-28-38(44(4,5)6)26-34(42(36)50)30-46-40-21-15-12-16-22-40;;;1-5(2,3)4/h2*11-16,19-22,25-30,45-46H,9-10,17-18,23-24,31-32H2,1-8H3;;;(H2,1,2,3,4)/q;;2*+1;/p+4. The van der Waals surface area contributed by atoms with Crippen molar-refractivity contribution < 1.29 is 90.4 Å². The van der Waals surface area contributed by atoms with Gasteiger partial charge in [-0.05, 0) is 192 Å². The number of hydrogen-bond donors (Lipinski definition) is 10. The van der Waals surface area contributed by atoms with Crippen LogP contribution in [0.15, 0.2) is 262 Å². The van der Waals surface area contributed by atoms with Crippen LogP contribution in [0, 0.1) is 21.7 Å². The predicted octanol–water partition coefficient (Wildman–Crippen LogP) is 12.4. The van der Waals surface area contributed by atoms with E-state index in [1.165, 1.54) is 41.9 Å². The summed E-state index contributed by atoms with van der Waals surface area (Å²) < 4.78 is 31.6. The van der Waals surface area contributed by atoms with E-state index in [1.807, 2.05) is 170 Å². The number of quaternary nitrogens is 4. The van der Waals surface area contributed by atoms with Crippen molar-refractivity contribution >= 4 is 56.3 Å². The van der Waals surface area contributed by atoms with Gasteiger partial charge in [-0.15, -0.1) is 0 Å². The molecule has 0 amide bonds. The predicted molar refractivity (Wildman–Crippen MR) is 433 cm³/mol. The number of carbonyl (C=O) groups excluding carboxylic acids is 4. The van der Waals surface area contributed by atoms with Crippen LogP contribution in [0.2, 0.25) is 0 Å². The average molecular weight is 1580 g/mol. The summed E-state index contributed by atoms with van der Waals surface area (Å²) in [4.78, 5) is 59.4. The molecule has 4 aromatic carbocycles. The summed E-state index contributed by atoms with van der Waals surface area (Å²) in [5.74, 6) is 0.439. The number of likely N-dealkylation sites (N-methyl/N-ethyl adjacent to an activating group) is 4. The first-order chi connectivity index (χ1) is 49.4. The largest absolute Gasteiger partial charge is 1.00 e. The van der Waals surface area contributed by atoms with E-state index in [1.54, 1.807) is 0 Å². The second-order valence-electron chi connectivity index (χ2n) is 32.6. The van der Waals surface area contributed by atoms with E-state index in [0.29, 0.717) is 48.5 Å². The van der Waals surface area contributed by atoms with Gasteiger partial charge in [0.25, 0.3) is 0 Å². The number of hydrogen-bond acceptors (Lipinski definition) is 10. The van der Waals surface area contributed by atoms with E-state index < -0.39 is 10.4 Å². The molecule has 8 rings (SSSR count). The molecule has 584 valence electrons. The number of ketones is 4. The third-order valence-electron chi connectivity index (χ3n) is 18.8. The molecule has 0 radical (unpaired) electrons. The third-order valence-corrected chi connectivity index (χ3v) is 18.8. The number of unbranched alkanes of at least 4 members (excludes halogenated alkanes) is 6. The molecule has 107 heavy (non-hydrogen) atoms. The maximum absolute atomic E-state index is 13.5. The van der Waals surface area contributed by atoms with Gasteiger partial charge in [0.05, 0.1) is 76.7 Å². The van der Waals surface area contributed by atoms with Crippen LogP contribution in [0.25, 0.3) is 0 Å². The van der Waals surface area contributed by atoms with Gasteiger partial charge in [-0.25, -0.2) is 0 Å². The fourth-order valence-electron chi connectivity index (χ4n) is 12.4. The number of para-hydroxylation sites is 4. The smallest absolute Gasteiger partial charge is 0.361 e. The van der Waals surface area contributed by atoms with Gasteiger partial charge in [-0.3, -0.25) is 28.3 Å². The Bertz CT molecular complexity index is 3610. The molecule has 0 saturated heterocycles. The topological polar surface area (TPSA) is 209 Å². The van der Waals surface area contributed by atoms with Gasteiger partial charge >= 0.3 is 44.5 Å². The first kappa shape index (κ1) is 91.8. The van der Waals surface area contributed by atoms with Crippen LogP contribution >= 0.6 is 0 Å². The van der Waals surface area contributed by atoms with Crippen LogP contribution in [-0.4, -0.2) is 121 Å². The molecule has 10 N–H and O–H groups in total. The average Bonchev–Trinajstić information content (AvgIpc) is 0.826. The number of rotatable bonds is 30. The summed E-state index contributed by atoms with van der Waals surface area (Å²) in [5.41, 5.74) is 14.8. The maximum atomic E-state index is 13.5. The van der Waals surface area contributed by atoms with E-state index in [9.17, 15) is 19.2 Å². The molecule has 4 aliphatic rings. The number of carbonyl (C=O) groups is 4. The van der Waals surface area contributed by atoms with Crippen LogP contribution in [0.4, 0.5) is 22.7 Å². The van der Waals surface area contributed by atoms with Crippen molar-refractivity contribution in [1.82, 2.24) is 0 Å². The van der Waals surface area contributed by atoms with Crippen molar-refractivity contribution in [3.8, 4) is 0 Å². The Labute approximate surface area is 661 Å². The van der Waals surface area contributed by atoms with Crippen LogP contribution < -0.4 is 40.9 Å². The number of Topliss-reactive ketones (excluding diaryl/α,β-unsaturated/α-hetero) is 4. The van der Waals surface area contributed by atoms with E-state index in [-0.39, 0.29) is 78.9 Å². The van der Waals surface area contributed by atoms with Gasteiger partial charge in [-0.1, -0.05) is 156 Å². The molecule has 0 aliphatic heterocycles. The third kappa shape index (κ3) is 33.0. The molecule has 0 heterocycles. The second-order valence-corrected chi connectivity index (χ2v) is 33.5. The first-order valence-electron chi connectivity index (χ1n) is 37.3. The van der Waals surface area contributed by atoms with Crippen molar-refractivity contribution in [1.29, 1.82) is 0 Å². The summed E-state index contributed by atoms with van der Waals surface area (Å²) in [7, 11) is 4.11. The van der Waals surface area contributed by atoms with Crippen molar-refractivity contribution in [2.24, 2.45) is 21.7 Å². The second kappa shape index (κ2) is 43.5. The number of benzene rings is 4. The van der Waals surface area contributed by atoms with Gasteiger partial charge in [0.15, 0.2) is 23.1 Å². The summed E-state index contributed by atoms with van der Waals surface area (Å²) in [5, 5.41) is 13.2. The Balaban J connectivity index is 0.000000418. The van der Waals surface area contributed by atoms with Gasteiger partial charge in [-0.2, -0.15) is 8.42 Å². The first-order valence-corrected chi connectivity index (χ1v) is 38.7. The zero-order valence-corrected chi connectivity index (χ0v) is 68.8. The van der Waals surface area contributed by atoms with E-state index in [2.05, 4.69) is 157 Å². The number of allylic oxidation sites excluding steroid dienone is 16. The minimum Gasteiger partial charge on any atom is -0.361 e.